The molecule has 2 N–H and O–H groups in total. The number of ether oxygens (including phenoxy) is 2. The van der Waals surface area contributed by atoms with Crippen molar-refractivity contribution in [2.75, 3.05) is 19.0 Å². The van der Waals surface area contributed by atoms with Crippen LogP contribution in [0.5, 0.6) is 11.5 Å². The fraction of sp³-hybridized carbons (Fsp3) is 0.316. The second-order valence-electron chi connectivity index (χ2n) is 6.17. The molecular weight excluding hydrogens is 404 g/mol. The highest BCUT2D eigenvalue weighted by Gasteiger charge is 2.23. The van der Waals surface area contributed by atoms with Crippen LogP contribution in [0.15, 0.2) is 41.3 Å². The lowest BCUT2D eigenvalue weighted by molar-refractivity contribution is 0.102. The molecule has 0 atom stereocenters. The lowest BCUT2D eigenvalue weighted by Gasteiger charge is -2.15. The molecule has 9 heteroatoms. The molecule has 0 aromatic heterocycles. The van der Waals surface area contributed by atoms with Gasteiger partial charge in [0.05, 0.1) is 19.4 Å². The zero-order valence-corrected chi connectivity index (χ0v) is 17.6. The number of hydrogen-bond donors (Lipinski definition) is 2. The number of methoxy groups -OCH3 is 1. The van der Waals surface area contributed by atoms with Gasteiger partial charge in [0.25, 0.3) is 5.91 Å². The van der Waals surface area contributed by atoms with E-state index in [2.05, 4.69) is 10.0 Å². The van der Waals surface area contributed by atoms with Crippen molar-refractivity contribution in [1.82, 2.24) is 4.72 Å². The maximum Gasteiger partial charge on any atom is 0.255 e. The van der Waals surface area contributed by atoms with Gasteiger partial charge in [0.15, 0.2) is 0 Å². The number of sulfonamides is 1. The predicted molar refractivity (Wildman–Crippen MR) is 109 cm³/mol. The molecule has 2 rings (SSSR count). The molecule has 0 aliphatic rings. The highest BCUT2D eigenvalue weighted by molar-refractivity contribution is 7.89. The van der Waals surface area contributed by atoms with Crippen LogP contribution in [0.2, 0.25) is 5.02 Å². The van der Waals surface area contributed by atoms with Gasteiger partial charge in [0.2, 0.25) is 10.0 Å². The molecule has 0 aliphatic heterocycles. The molecule has 2 aromatic carbocycles. The normalized spacial score (nSPS) is 11.4. The van der Waals surface area contributed by atoms with Crippen LogP contribution in [0, 0.1) is 0 Å². The van der Waals surface area contributed by atoms with Gasteiger partial charge in [-0.05, 0) is 57.2 Å². The molecular formula is C19H23ClN2O5S. The van der Waals surface area contributed by atoms with Gasteiger partial charge in [0, 0.05) is 16.6 Å². The molecule has 0 heterocycles. The molecule has 0 spiro atoms. The monoisotopic (exact) mass is 426 g/mol. The zero-order chi connectivity index (χ0) is 20.9. The molecule has 7 nitrogen and oxygen atoms in total. The summed E-state index contributed by atoms with van der Waals surface area (Å²) in [6, 6.07) is 8.73. The Labute approximate surface area is 170 Å². The van der Waals surface area contributed by atoms with Crippen molar-refractivity contribution < 1.29 is 22.7 Å². The van der Waals surface area contributed by atoms with E-state index in [1.807, 2.05) is 6.92 Å². The highest BCUT2D eigenvalue weighted by Crippen LogP contribution is 2.30. The van der Waals surface area contributed by atoms with Crippen LogP contribution in [0.25, 0.3) is 0 Å². The number of hydrogen-bond acceptors (Lipinski definition) is 5. The first kappa shape index (κ1) is 22.0. The summed E-state index contributed by atoms with van der Waals surface area (Å²) >= 11 is 6.01. The standard InChI is InChI=1S/C19H23ClN2O5S/c1-5-27-16-9-7-14(20)11-15(16)21-19(23)13-6-8-17(26-4)18(10-13)28(24,25)22-12(2)3/h6-12,22H,5H2,1-4H3,(H,21,23). The second kappa shape index (κ2) is 9.27. The van der Waals surface area contributed by atoms with Crippen LogP contribution in [0.3, 0.4) is 0 Å². The summed E-state index contributed by atoms with van der Waals surface area (Å²) in [6.45, 7) is 5.64. The van der Waals surface area contributed by atoms with Crippen molar-refractivity contribution in [2.24, 2.45) is 0 Å². The second-order valence-corrected chi connectivity index (χ2v) is 8.29. The number of halogens is 1. The van der Waals surface area contributed by atoms with Gasteiger partial charge in [-0.15, -0.1) is 0 Å². The fourth-order valence-electron chi connectivity index (χ4n) is 2.48. The molecule has 0 bridgehead atoms. The third-order valence-corrected chi connectivity index (χ3v) is 5.51. The lowest BCUT2D eigenvalue weighted by atomic mass is 10.2. The number of rotatable bonds is 8. The van der Waals surface area contributed by atoms with Crippen molar-refractivity contribution in [2.45, 2.75) is 31.7 Å². The summed E-state index contributed by atoms with van der Waals surface area (Å²) in [5, 5.41) is 3.13. The van der Waals surface area contributed by atoms with Gasteiger partial charge in [-0.2, -0.15) is 0 Å². The summed E-state index contributed by atoms with van der Waals surface area (Å²) < 4.78 is 38.3. The molecule has 0 unspecified atom stereocenters. The number of benzene rings is 2. The van der Waals surface area contributed by atoms with Crippen LogP contribution in [0.4, 0.5) is 5.69 Å². The van der Waals surface area contributed by atoms with E-state index < -0.39 is 15.9 Å². The average molecular weight is 427 g/mol. The molecule has 152 valence electrons. The Morgan fingerprint density at radius 3 is 2.43 bits per heavy atom. The van der Waals surface area contributed by atoms with E-state index in [4.69, 9.17) is 21.1 Å². The quantitative estimate of drug-likeness (QED) is 0.671. The minimum atomic E-state index is -3.86. The SMILES string of the molecule is CCOc1ccc(Cl)cc1NC(=O)c1ccc(OC)c(S(=O)(=O)NC(C)C)c1. The van der Waals surface area contributed by atoms with Gasteiger partial charge in [-0.1, -0.05) is 11.6 Å². The predicted octanol–water partition coefficient (Wildman–Crippen LogP) is 3.69. The van der Waals surface area contributed by atoms with Gasteiger partial charge in [0.1, 0.15) is 16.4 Å². The summed E-state index contributed by atoms with van der Waals surface area (Å²) in [4.78, 5) is 12.6. The van der Waals surface area contributed by atoms with E-state index in [1.165, 1.54) is 25.3 Å². The van der Waals surface area contributed by atoms with E-state index in [9.17, 15) is 13.2 Å². The number of anilines is 1. The van der Waals surface area contributed by atoms with E-state index >= 15 is 0 Å². The lowest BCUT2D eigenvalue weighted by Crippen LogP contribution is -2.30. The number of nitrogens with one attached hydrogen (secondary N) is 2. The maximum absolute atomic E-state index is 12.7. The van der Waals surface area contributed by atoms with Crippen molar-refractivity contribution in [3.8, 4) is 11.5 Å². The van der Waals surface area contributed by atoms with Gasteiger partial charge in [-0.3, -0.25) is 4.79 Å². The van der Waals surface area contributed by atoms with Crippen LogP contribution >= 0.6 is 11.6 Å². The molecule has 0 saturated heterocycles. The Morgan fingerprint density at radius 1 is 1.14 bits per heavy atom. The third kappa shape index (κ3) is 5.37. The Hall–Kier alpha value is -2.29. The van der Waals surface area contributed by atoms with Crippen LogP contribution < -0.4 is 19.5 Å². The van der Waals surface area contributed by atoms with Crippen LogP contribution in [-0.4, -0.2) is 34.1 Å². The number of carbonyl (C=O) groups is 1. The van der Waals surface area contributed by atoms with E-state index in [0.29, 0.717) is 23.1 Å². The maximum atomic E-state index is 12.7. The molecule has 1 amide bonds. The van der Waals surface area contributed by atoms with Crippen molar-refractivity contribution in [3.05, 3.63) is 47.0 Å². The third-order valence-electron chi connectivity index (χ3n) is 3.60. The largest absolute Gasteiger partial charge is 0.495 e. The molecule has 0 fully saturated rings. The zero-order valence-electron chi connectivity index (χ0n) is 16.1. The topological polar surface area (TPSA) is 93.7 Å². The van der Waals surface area contributed by atoms with Crippen molar-refractivity contribution in [3.63, 3.8) is 0 Å². The van der Waals surface area contributed by atoms with E-state index in [1.54, 1.807) is 32.0 Å². The summed E-state index contributed by atoms with van der Waals surface area (Å²) in [5.74, 6) is 0.0948. The van der Waals surface area contributed by atoms with Crippen LogP contribution in [0.1, 0.15) is 31.1 Å². The molecule has 0 radical (unpaired) electrons. The molecule has 2 aromatic rings. The molecule has 0 aliphatic carbocycles. The summed E-state index contributed by atoms with van der Waals surface area (Å²) in [5.41, 5.74) is 0.534. The molecule has 28 heavy (non-hydrogen) atoms. The van der Waals surface area contributed by atoms with Crippen molar-refractivity contribution >= 4 is 33.2 Å². The summed E-state index contributed by atoms with van der Waals surface area (Å²) in [7, 11) is -2.49. The van der Waals surface area contributed by atoms with Gasteiger partial charge < -0.3 is 14.8 Å². The minimum absolute atomic E-state index is 0.118. The van der Waals surface area contributed by atoms with Gasteiger partial charge >= 0.3 is 0 Å². The van der Waals surface area contributed by atoms with E-state index in [-0.39, 0.29) is 22.3 Å². The fourth-order valence-corrected chi connectivity index (χ4v) is 4.10. The van der Waals surface area contributed by atoms with E-state index in [0.717, 1.165) is 0 Å². The number of carbonyl (C=O) groups excluding carboxylic acids is 1. The summed E-state index contributed by atoms with van der Waals surface area (Å²) in [6.07, 6.45) is 0. The Kier molecular flexibility index (Phi) is 7.29. The smallest absolute Gasteiger partial charge is 0.255 e. The Bertz CT molecular complexity index is 961. The van der Waals surface area contributed by atoms with Crippen LogP contribution in [-0.2, 0) is 10.0 Å². The minimum Gasteiger partial charge on any atom is -0.495 e. The first-order valence-corrected chi connectivity index (χ1v) is 10.5. The highest BCUT2D eigenvalue weighted by atomic mass is 35.5. The Morgan fingerprint density at radius 2 is 1.82 bits per heavy atom. The average Bonchev–Trinajstić information content (AvgIpc) is 2.62. The first-order chi connectivity index (χ1) is 13.2. The van der Waals surface area contributed by atoms with Gasteiger partial charge in [-0.25, -0.2) is 13.1 Å². The first-order valence-electron chi connectivity index (χ1n) is 8.62. The Balaban J connectivity index is 2.40. The van der Waals surface area contributed by atoms with Crippen molar-refractivity contribution in [1.29, 1.82) is 0 Å². The number of amides is 1. The molecule has 0 saturated carbocycles.